The predicted octanol–water partition coefficient (Wildman–Crippen LogP) is 1.48. The van der Waals surface area contributed by atoms with Gasteiger partial charge < -0.3 is 15.7 Å². The Kier molecular flexibility index (Phi) is 2.82. The number of benzene rings is 1. The first kappa shape index (κ1) is 10.3. The first-order valence-electron chi connectivity index (χ1n) is 5.46. The van der Waals surface area contributed by atoms with E-state index < -0.39 is 0 Å². The minimum atomic E-state index is 0.204. The molecule has 0 radical (unpaired) electrons. The zero-order chi connectivity index (χ0) is 10.8. The Bertz CT molecular complexity index is 340. The molecule has 1 fully saturated rings. The number of rotatable bonds is 2. The molecule has 0 amide bonds. The molecule has 1 saturated heterocycles. The molecule has 3 heteroatoms. The molecule has 0 spiro atoms. The highest BCUT2D eigenvalue weighted by Crippen LogP contribution is 2.32. The number of aliphatic hydroxyl groups is 1. The fourth-order valence-corrected chi connectivity index (χ4v) is 2.33. The summed E-state index contributed by atoms with van der Waals surface area (Å²) in [6.07, 6.45) is 1.12. The van der Waals surface area contributed by atoms with Crippen molar-refractivity contribution >= 4 is 11.4 Å². The Hall–Kier alpha value is -1.22. The summed E-state index contributed by atoms with van der Waals surface area (Å²) in [5.41, 5.74) is 7.79. The Morgan fingerprint density at radius 1 is 1.47 bits per heavy atom. The largest absolute Gasteiger partial charge is 0.397 e. The Morgan fingerprint density at radius 3 is 2.87 bits per heavy atom. The fraction of sp³-hybridized carbons (Fsp3) is 0.500. The van der Waals surface area contributed by atoms with E-state index in [1.54, 1.807) is 0 Å². The number of nitrogen functional groups attached to an aromatic ring is 1. The molecule has 1 aliphatic heterocycles. The van der Waals surface area contributed by atoms with Gasteiger partial charge in [0.25, 0.3) is 0 Å². The Morgan fingerprint density at radius 2 is 2.20 bits per heavy atom. The number of anilines is 2. The van der Waals surface area contributed by atoms with E-state index in [1.165, 1.54) is 0 Å². The zero-order valence-electron chi connectivity index (χ0n) is 9.06. The van der Waals surface area contributed by atoms with E-state index >= 15 is 0 Å². The molecule has 0 aliphatic carbocycles. The van der Waals surface area contributed by atoms with Gasteiger partial charge >= 0.3 is 0 Å². The van der Waals surface area contributed by atoms with Gasteiger partial charge in [-0.15, -0.1) is 0 Å². The maximum Gasteiger partial charge on any atom is 0.0637 e. The van der Waals surface area contributed by atoms with Crippen LogP contribution in [0.1, 0.15) is 13.3 Å². The fourth-order valence-electron chi connectivity index (χ4n) is 2.33. The van der Waals surface area contributed by atoms with Gasteiger partial charge in [0.2, 0.25) is 0 Å². The van der Waals surface area contributed by atoms with Crippen molar-refractivity contribution in [3.8, 4) is 0 Å². The van der Waals surface area contributed by atoms with Crippen LogP contribution >= 0.6 is 0 Å². The van der Waals surface area contributed by atoms with E-state index in [1.807, 2.05) is 24.3 Å². The standard InChI is InChI=1S/C12H18N2O/c1-9-6-7-14(12(9)8-15)11-5-3-2-4-10(11)13/h2-5,9,12,15H,6-8,13H2,1H3. The van der Waals surface area contributed by atoms with Crippen LogP contribution in [0.5, 0.6) is 0 Å². The van der Waals surface area contributed by atoms with Crippen molar-refractivity contribution in [2.75, 3.05) is 23.8 Å². The highest BCUT2D eigenvalue weighted by atomic mass is 16.3. The van der Waals surface area contributed by atoms with Crippen LogP contribution in [0.3, 0.4) is 0 Å². The molecule has 1 heterocycles. The van der Waals surface area contributed by atoms with E-state index in [2.05, 4.69) is 11.8 Å². The van der Waals surface area contributed by atoms with Gasteiger partial charge in [-0.1, -0.05) is 19.1 Å². The van der Waals surface area contributed by atoms with Crippen LogP contribution in [-0.4, -0.2) is 24.3 Å². The Labute approximate surface area is 90.5 Å². The van der Waals surface area contributed by atoms with Crippen LogP contribution in [0.2, 0.25) is 0 Å². The molecule has 1 aromatic rings. The van der Waals surface area contributed by atoms with E-state index in [0.29, 0.717) is 5.92 Å². The molecule has 82 valence electrons. The molecule has 1 aromatic carbocycles. The van der Waals surface area contributed by atoms with Gasteiger partial charge in [-0.05, 0) is 24.5 Å². The molecule has 2 rings (SSSR count). The topological polar surface area (TPSA) is 49.5 Å². The van der Waals surface area contributed by atoms with E-state index in [4.69, 9.17) is 5.73 Å². The summed E-state index contributed by atoms with van der Waals surface area (Å²) in [5, 5.41) is 9.38. The summed E-state index contributed by atoms with van der Waals surface area (Å²) in [6.45, 7) is 3.37. The third-order valence-corrected chi connectivity index (χ3v) is 3.32. The Balaban J connectivity index is 2.28. The van der Waals surface area contributed by atoms with Crippen molar-refractivity contribution in [1.82, 2.24) is 0 Å². The molecule has 0 aromatic heterocycles. The summed E-state index contributed by atoms with van der Waals surface area (Å²) in [4.78, 5) is 2.22. The minimum absolute atomic E-state index is 0.204. The number of hydrogen-bond acceptors (Lipinski definition) is 3. The summed E-state index contributed by atoms with van der Waals surface area (Å²) in [7, 11) is 0. The molecule has 2 atom stereocenters. The van der Waals surface area contributed by atoms with Gasteiger partial charge in [-0.25, -0.2) is 0 Å². The second-order valence-electron chi connectivity index (χ2n) is 4.27. The van der Waals surface area contributed by atoms with Crippen LogP contribution in [0.25, 0.3) is 0 Å². The van der Waals surface area contributed by atoms with Gasteiger partial charge in [-0.3, -0.25) is 0 Å². The van der Waals surface area contributed by atoms with Crippen LogP contribution < -0.4 is 10.6 Å². The highest BCUT2D eigenvalue weighted by molar-refractivity contribution is 5.68. The highest BCUT2D eigenvalue weighted by Gasteiger charge is 2.31. The molecule has 0 saturated carbocycles. The summed E-state index contributed by atoms with van der Waals surface area (Å²) < 4.78 is 0. The predicted molar refractivity (Wildman–Crippen MR) is 62.9 cm³/mol. The molecule has 0 bridgehead atoms. The number of hydrogen-bond donors (Lipinski definition) is 2. The second-order valence-corrected chi connectivity index (χ2v) is 4.27. The van der Waals surface area contributed by atoms with Crippen molar-refractivity contribution in [3.05, 3.63) is 24.3 Å². The lowest BCUT2D eigenvalue weighted by molar-refractivity contribution is 0.245. The van der Waals surface area contributed by atoms with Crippen LogP contribution in [-0.2, 0) is 0 Å². The van der Waals surface area contributed by atoms with E-state index in [0.717, 1.165) is 24.3 Å². The van der Waals surface area contributed by atoms with Gasteiger partial charge in [0, 0.05) is 6.54 Å². The summed E-state index contributed by atoms with van der Waals surface area (Å²) in [6, 6.07) is 8.08. The smallest absolute Gasteiger partial charge is 0.0637 e. The molecular formula is C12H18N2O. The number of nitrogens with zero attached hydrogens (tertiary/aromatic N) is 1. The number of para-hydroxylation sites is 2. The lowest BCUT2D eigenvalue weighted by Crippen LogP contribution is -2.35. The monoisotopic (exact) mass is 206 g/mol. The maximum atomic E-state index is 9.38. The van der Waals surface area contributed by atoms with E-state index in [-0.39, 0.29) is 12.6 Å². The molecule has 2 unspecified atom stereocenters. The van der Waals surface area contributed by atoms with Gasteiger partial charge in [0.1, 0.15) is 0 Å². The number of aliphatic hydroxyl groups excluding tert-OH is 1. The molecular weight excluding hydrogens is 188 g/mol. The average Bonchev–Trinajstić information content (AvgIpc) is 2.60. The number of nitrogens with two attached hydrogens (primary N) is 1. The van der Waals surface area contributed by atoms with Crippen LogP contribution in [0, 0.1) is 5.92 Å². The lowest BCUT2D eigenvalue weighted by atomic mass is 10.0. The molecule has 1 aliphatic rings. The SMILES string of the molecule is CC1CCN(c2ccccc2N)C1CO. The first-order chi connectivity index (χ1) is 7.24. The summed E-state index contributed by atoms with van der Waals surface area (Å²) in [5.74, 6) is 0.537. The van der Waals surface area contributed by atoms with Crippen LogP contribution in [0.15, 0.2) is 24.3 Å². The normalized spacial score (nSPS) is 25.9. The maximum absolute atomic E-state index is 9.38. The molecule has 3 N–H and O–H groups in total. The van der Waals surface area contributed by atoms with Crippen molar-refractivity contribution in [3.63, 3.8) is 0 Å². The van der Waals surface area contributed by atoms with Gasteiger partial charge in [0.15, 0.2) is 0 Å². The second kappa shape index (κ2) is 4.11. The third-order valence-electron chi connectivity index (χ3n) is 3.32. The third kappa shape index (κ3) is 1.79. The van der Waals surface area contributed by atoms with Crippen molar-refractivity contribution in [2.24, 2.45) is 5.92 Å². The lowest BCUT2D eigenvalue weighted by Gasteiger charge is -2.28. The minimum Gasteiger partial charge on any atom is -0.397 e. The molecule has 15 heavy (non-hydrogen) atoms. The quantitative estimate of drug-likeness (QED) is 0.720. The average molecular weight is 206 g/mol. The van der Waals surface area contributed by atoms with Gasteiger partial charge in [-0.2, -0.15) is 0 Å². The summed E-state index contributed by atoms with van der Waals surface area (Å²) >= 11 is 0. The van der Waals surface area contributed by atoms with Gasteiger partial charge in [0.05, 0.1) is 24.0 Å². The van der Waals surface area contributed by atoms with Crippen molar-refractivity contribution in [2.45, 2.75) is 19.4 Å². The first-order valence-corrected chi connectivity index (χ1v) is 5.46. The van der Waals surface area contributed by atoms with E-state index in [9.17, 15) is 5.11 Å². The zero-order valence-corrected chi connectivity index (χ0v) is 9.06. The van der Waals surface area contributed by atoms with Crippen LogP contribution in [0.4, 0.5) is 11.4 Å². The molecule has 3 nitrogen and oxygen atoms in total. The van der Waals surface area contributed by atoms with Crippen molar-refractivity contribution < 1.29 is 5.11 Å². The van der Waals surface area contributed by atoms with Crippen molar-refractivity contribution in [1.29, 1.82) is 0 Å².